The first kappa shape index (κ1) is 28.4. The fraction of sp³-hybridized carbons (Fsp3) is 0.700. The van der Waals surface area contributed by atoms with Gasteiger partial charge in [-0.2, -0.15) is 0 Å². The highest BCUT2D eigenvalue weighted by Gasteiger charge is 2.47. The quantitative estimate of drug-likeness (QED) is 0.418. The van der Waals surface area contributed by atoms with Crippen LogP contribution in [-0.4, -0.2) is 89.5 Å². The topological polar surface area (TPSA) is 90.4 Å². The molecule has 0 bridgehead atoms. The number of unbranched alkanes of at least 4 members (excludes halogenated alkanes) is 2. The number of benzene rings is 1. The number of carboxylic acid groups (broad SMARTS) is 1. The van der Waals surface area contributed by atoms with Crippen LogP contribution in [0.15, 0.2) is 18.2 Å². The van der Waals surface area contributed by atoms with Crippen LogP contribution >= 0.6 is 0 Å². The summed E-state index contributed by atoms with van der Waals surface area (Å²) in [7, 11) is 0. The zero-order valence-electron chi connectivity index (χ0n) is 23.2. The smallest absolute Gasteiger partial charge is 0.308 e. The number of rotatable bonds is 13. The molecule has 3 aliphatic heterocycles. The summed E-state index contributed by atoms with van der Waals surface area (Å²) in [5.41, 5.74) is 2.13. The number of nitrogens with zero attached hydrogens (tertiary/aromatic N) is 3. The van der Waals surface area contributed by atoms with Gasteiger partial charge in [-0.25, -0.2) is 0 Å². The minimum absolute atomic E-state index is 0.0816. The maximum Gasteiger partial charge on any atom is 0.308 e. The number of carbonyl (C=O) groups is 3. The third-order valence-corrected chi connectivity index (χ3v) is 8.55. The Morgan fingerprint density at radius 1 is 1.11 bits per heavy atom. The number of piperidine rings is 1. The number of aliphatic carboxylic acids is 1. The van der Waals surface area contributed by atoms with Crippen molar-refractivity contribution in [2.75, 3.05) is 45.9 Å². The van der Waals surface area contributed by atoms with Gasteiger partial charge in [0.05, 0.1) is 19.1 Å². The Morgan fingerprint density at radius 2 is 1.87 bits per heavy atom. The molecule has 0 radical (unpaired) electrons. The van der Waals surface area contributed by atoms with Gasteiger partial charge >= 0.3 is 5.97 Å². The summed E-state index contributed by atoms with van der Waals surface area (Å²) in [6, 6.07) is 5.76. The van der Waals surface area contributed by atoms with Crippen molar-refractivity contribution < 1.29 is 24.2 Å². The Balaban J connectivity index is 1.57. The van der Waals surface area contributed by atoms with E-state index in [0.29, 0.717) is 32.5 Å². The van der Waals surface area contributed by atoms with Crippen LogP contribution in [0.5, 0.6) is 5.75 Å². The van der Waals surface area contributed by atoms with Gasteiger partial charge in [-0.3, -0.25) is 19.3 Å². The average Bonchev–Trinajstić information content (AvgIpc) is 3.52. The molecule has 0 unspecified atom stereocenters. The largest absolute Gasteiger partial charge is 0.493 e. The second kappa shape index (κ2) is 13.5. The third-order valence-electron chi connectivity index (χ3n) is 8.55. The zero-order chi connectivity index (χ0) is 27.1. The Kier molecular flexibility index (Phi) is 10.1. The van der Waals surface area contributed by atoms with E-state index in [-0.39, 0.29) is 30.3 Å². The summed E-state index contributed by atoms with van der Waals surface area (Å²) in [6.07, 6.45) is 7.86. The second-order valence-electron chi connectivity index (χ2n) is 11.1. The van der Waals surface area contributed by atoms with E-state index in [4.69, 9.17) is 4.74 Å². The van der Waals surface area contributed by atoms with Gasteiger partial charge in [-0.15, -0.1) is 0 Å². The van der Waals surface area contributed by atoms with E-state index in [2.05, 4.69) is 24.8 Å². The first-order valence-corrected chi connectivity index (χ1v) is 14.7. The summed E-state index contributed by atoms with van der Waals surface area (Å²) >= 11 is 0. The molecule has 0 aliphatic carbocycles. The maximum absolute atomic E-state index is 13.5. The maximum atomic E-state index is 13.5. The standard InChI is InChI=1S/C30H45N3O5/c1-3-5-14-31(15-6-4-2)28(35)21-33-20-24(22-10-11-26-23(19-22)13-18-38-26)29(30(36)37)25(33)12-17-32-16-8-7-9-27(32)34/h10-11,19,24-25,29H,3-9,12-18,20-21H2,1-2H3,(H,36,37)/t24-,25+,29-/m1/s1. The Labute approximate surface area is 227 Å². The van der Waals surface area contributed by atoms with Crippen molar-refractivity contribution >= 4 is 17.8 Å². The lowest BCUT2D eigenvalue weighted by Gasteiger charge is -2.32. The lowest BCUT2D eigenvalue weighted by molar-refractivity contribution is -0.144. The molecule has 1 N–H and O–H groups in total. The highest BCUT2D eigenvalue weighted by atomic mass is 16.5. The van der Waals surface area contributed by atoms with E-state index in [1.165, 1.54) is 0 Å². The van der Waals surface area contributed by atoms with E-state index in [1.54, 1.807) is 0 Å². The lowest BCUT2D eigenvalue weighted by Crippen LogP contribution is -2.46. The Bertz CT molecular complexity index is 975. The lowest BCUT2D eigenvalue weighted by atomic mass is 9.83. The molecule has 8 nitrogen and oxygen atoms in total. The number of carbonyl (C=O) groups excluding carboxylic acids is 2. The number of likely N-dealkylation sites (tertiary alicyclic amines) is 2. The van der Waals surface area contributed by atoms with E-state index < -0.39 is 11.9 Å². The molecule has 2 fully saturated rings. The molecule has 4 rings (SSSR count). The minimum Gasteiger partial charge on any atom is -0.493 e. The number of fused-ring (bicyclic) bond motifs is 1. The van der Waals surface area contributed by atoms with Crippen LogP contribution in [0, 0.1) is 5.92 Å². The Morgan fingerprint density at radius 3 is 2.55 bits per heavy atom. The van der Waals surface area contributed by atoms with Crippen LogP contribution in [0.2, 0.25) is 0 Å². The van der Waals surface area contributed by atoms with Gasteiger partial charge < -0.3 is 19.6 Å². The molecule has 1 aromatic carbocycles. The first-order valence-electron chi connectivity index (χ1n) is 14.7. The number of hydrogen-bond donors (Lipinski definition) is 1. The highest BCUT2D eigenvalue weighted by molar-refractivity contribution is 5.79. The molecule has 38 heavy (non-hydrogen) atoms. The average molecular weight is 528 g/mol. The summed E-state index contributed by atoms with van der Waals surface area (Å²) in [5, 5.41) is 10.5. The molecule has 0 spiro atoms. The summed E-state index contributed by atoms with van der Waals surface area (Å²) < 4.78 is 5.68. The second-order valence-corrected chi connectivity index (χ2v) is 11.1. The number of hydrogen-bond acceptors (Lipinski definition) is 5. The van der Waals surface area contributed by atoms with Crippen LogP contribution in [0.25, 0.3) is 0 Å². The number of ether oxygens (including phenoxy) is 1. The van der Waals surface area contributed by atoms with E-state index in [0.717, 1.165) is 81.5 Å². The normalized spacial score (nSPS) is 23.4. The molecule has 3 heterocycles. The van der Waals surface area contributed by atoms with E-state index >= 15 is 0 Å². The molecule has 3 atom stereocenters. The van der Waals surface area contributed by atoms with Gasteiger partial charge in [0.25, 0.3) is 0 Å². The van der Waals surface area contributed by atoms with Crippen molar-refractivity contribution in [1.82, 2.24) is 14.7 Å². The van der Waals surface area contributed by atoms with Crippen molar-refractivity contribution in [2.24, 2.45) is 5.92 Å². The molecule has 0 saturated carbocycles. The third kappa shape index (κ3) is 6.68. The molecule has 3 aliphatic rings. The summed E-state index contributed by atoms with van der Waals surface area (Å²) in [5.74, 6) is -0.558. The summed E-state index contributed by atoms with van der Waals surface area (Å²) in [6.45, 7) is 8.42. The SMILES string of the molecule is CCCCN(CCCC)C(=O)CN1C[C@H](c2ccc3c(c2)CCO3)[C@@H](C(=O)O)[C@@H]1CCN1CCCCC1=O. The molecule has 1 aromatic rings. The van der Waals surface area contributed by atoms with E-state index in [9.17, 15) is 19.5 Å². The predicted molar refractivity (Wildman–Crippen MR) is 146 cm³/mol. The van der Waals surface area contributed by atoms with Crippen molar-refractivity contribution in [2.45, 2.75) is 83.6 Å². The molecule has 2 saturated heterocycles. The molecule has 0 aromatic heterocycles. The van der Waals surface area contributed by atoms with Crippen LogP contribution in [0.3, 0.4) is 0 Å². The van der Waals surface area contributed by atoms with Crippen LogP contribution in [0.4, 0.5) is 0 Å². The fourth-order valence-corrected chi connectivity index (χ4v) is 6.35. The van der Waals surface area contributed by atoms with Gasteiger partial charge in [0.2, 0.25) is 11.8 Å². The van der Waals surface area contributed by atoms with Crippen LogP contribution < -0.4 is 4.74 Å². The monoisotopic (exact) mass is 527 g/mol. The van der Waals surface area contributed by atoms with Crippen molar-refractivity contribution in [1.29, 1.82) is 0 Å². The molecule has 8 heteroatoms. The predicted octanol–water partition coefficient (Wildman–Crippen LogP) is 3.92. The zero-order valence-corrected chi connectivity index (χ0v) is 23.2. The van der Waals surface area contributed by atoms with Crippen LogP contribution in [0.1, 0.15) is 82.3 Å². The fourth-order valence-electron chi connectivity index (χ4n) is 6.35. The molecular formula is C30H45N3O5. The van der Waals surface area contributed by atoms with Gasteiger partial charge in [-0.1, -0.05) is 38.8 Å². The highest BCUT2D eigenvalue weighted by Crippen LogP contribution is 2.41. The van der Waals surface area contributed by atoms with Crippen molar-refractivity contribution in [3.8, 4) is 5.75 Å². The van der Waals surface area contributed by atoms with Crippen molar-refractivity contribution in [3.05, 3.63) is 29.3 Å². The van der Waals surface area contributed by atoms with Crippen LogP contribution in [-0.2, 0) is 20.8 Å². The Hall–Kier alpha value is -2.61. The van der Waals surface area contributed by atoms with Gasteiger partial charge in [0.15, 0.2) is 0 Å². The van der Waals surface area contributed by atoms with E-state index in [1.807, 2.05) is 21.9 Å². The summed E-state index contributed by atoms with van der Waals surface area (Å²) in [4.78, 5) is 44.7. The molecular weight excluding hydrogens is 482 g/mol. The van der Waals surface area contributed by atoms with Gasteiger partial charge in [0.1, 0.15) is 5.75 Å². The van der Waals surface area contributed by atoms with Gasteiger partial charge in [0, 0.05) is 57.5 Å². The first-order chi connectivity index (χ1) is 18.4. The van der Waals surface area contributed by atoms with Gasteiger partial charge in [-0.05, 0) is 49.3 Å². The van der Waals surface area contributed by atoms with Crippen molar-refractivity contribution in [3.63, 3.8) is 0 Å². The number of carboxylic acids is 1. The number of amides is 2. The molecule has 210 valence electrons. The minimum atomic E-state index is -0.828. The molecule has 2 amide bonds.